The molecule has 0 aromatic heterocycles. The van der Waals surface area contributed by atoms with Gasteiger partial charge in [-0.25, -0.2) is 0 Å². The van der Waals surface area contributed by atoms with E-state index in [1.54, 1.807) is 24.3 Å². The van der Waals surface area contributed by atoms with Crippen LogP contribution in [-0.2, 0) is 16.0 Å². The van der Waals surface area contributed by atoms with Crippen LogP contribution in [0, 0.1) is 11.8 Å². The predicted molar refractivity (Wildman–Crippen MR) is 82.5 cm³/mol. The van der Waals surface area contributed by atoms with Crippen molar-refractivity contribution in [1.29, 1.82) is 0 Å². The Morgan fingerprint density at radius 2 is 2.00 bits per heavy atom. The number of halogens is 3. The zero-order chi connectivity index (χ0) is 17.7. The van der Waals surface area contributed by atoms with Crippen molar-refractivity contribution in [3.8, 4) is 0 Å². The third-order valence-corrected chi connectivity index (χ3v) is 4.33. The molecule has 0 heterocycles. The molecular weight excluding hydrogens is 323 g/mol. The van der Waals surface area contributed by atoms with Crippen LogP contribution in [0.3, 0.4) is 0 Å². The van der Waals surface area contributed by atoms with E-state index < -0.39 is 29.9 Å². The molecular formula is C17H20F3NO3. The van der Waals surface area contributed by atoms with Crippen molar-refractivity contribution in [2.45, 2.75) is 44.7 Å². The Bertz CT molecular complexity index is 601. The van der Waals surface area contributed by atoms with Crippen molar-refractivity contribution in [3.05, 3.63) is 29.8 Å². The maximum absolute atomic E-state index is 12.8. The number of aryl methyl sites for hydroxylation is 1. The summed E-state index contributed by atoms with van der Waals surface area (Å²) < 4.78 is 38.5. The Morgan fingerprint density at radius 1 is 1.25 bits per heavy atom. The van der Waals surface area contributed by atoms with E-state index in [0.717, 1.165) is 5.56 Å². The van der Waals surface area contributed by atoms with E-state index >= 15 is 0 Å². The minimum Gasteiger partial charge on any atom is -0.481 e. The minimum absolute atomic E-state index is 0.0205. The summed E-state index contributed by atoms with van der Waals surface area (Å²) in [5, 5.41) is 11.3. The largest absolute Gasteiger partial charge is 0.481 e. The van der Waals surface area contributed by atoms with Crippen LogP contribution in [0.4, 0.5) is 18.9 Å². The lowest BCUT2D eigenvalue weighted by Gasteiger charge is -2.29. The molecule has 0 bridgehead atoms. The standard InChI is InChI=1S/C17H20F3NO3/c18-17(19,20)13-5-2-4-12(10-13)16(24)21-14-6-1-3-11(9-14)7-8-15(22)23/h1,3,6,9,12-13H,2,4-5,7-8,10H2,(H,21,24)(H,22,23). The Labute approximate surface area is 138 Å². The Kier molecular flexibility index (Phi) is 5.85. The molecule has 1 amide bonds. The van der Waals surface area contributed by atoms with Gasteiger partial charge in [0, 0.05) is 18.0 Å². The molecule has 1 aliphatic carbocycles. The van der Waals surface area contributed by atoms with Crippen molar-refractivity contribution in [3.63, 3.8) is 0 Å². The average Bonchev–Trinajstić information content (AvgIpc) is 2.52. The average molecular weight is 343 g/mol. The monoisotopic (exact) mass is 343 g/mol. The molecule has 0 spiro atoms. The van der Waals surface area contributed by atoms with Crippen LogP contribution in [0.2, 0.25) is 0 Å². The van der Waals surface area contributed by atoms with Crippen LogP contribution in [0.15, 0.2) is 24.3 Å². The van der Waals surface area contributed by atoms with E-state index in [-0.39, 0.29) is 19.3 Å². The fourth-order valence-corrected chi connectivity index (χ4v) is 3.03. The lowest BCUT2D eigenvalue weighted by molar-refractivity contribution is -0.185. The number of anilines is 1. The lowest BCUT2D eigenvalue weighted by Crippen LogP contribution is -2.34. The highest BCUT2D eigenvalue weighted by Crippen LogP contribution is 2.40. The van der Waals surface area contributed by atoms with Crippen molar-refractivity contribution < 1.29 is 27.9 Å². The molecule has 1 fully saturated rings. The van der Waals surface area contributed by atoms with E-state index in [1.165, 1.54) is 0 Å². The van der Waals surface area contributed by atoms with Crippen molar-refractivity contribution >= 4 is 17.6 Å². The highest BCUT2D eigenvalue weighted by Gasteiger charge is 2.43. The first-order chi connectivity index (χ1) is 11.3. The van der Waals surface area contributed by atoms with Gasteiger partial charge in [0.25, 0.3) is 0 Å². The molecule has 2 atom stereocenters. The summed E-state index contributed by atoms with van der Waals surface area (Å²) in [5.74, 6) is -3.37. The molecule has 1 saturated carbocycles. The molecule has 0 aliphatic heterocycles. The van der Waals surface area contributed by atoms with Gasteiger partial charge >= 0.3 is 12.1 Å². The summed E-state index contributed by atoms with van der Waals surface area (Å²) in [6.07, 6.45) is -3.19. The number of hydrogen-bond donors (Lipinski definition) is 2. The molecule has 0 radical (unpaired) electrons. The van der Waals surface area contributed by atoms with E-state index in [4.69, 9.17) is 5.11 Å². The topological polar surface area (TPSA) is 66.4 Å². The molecule has 7 heteroatoms. The molecule has 2 rings (SSSR count). The molecule has 132 valence electrons. The smallest absolute Gasteiger partial charge is 0.391 e. The number of aliphatic carboxylic acids is 1. The first kappa shape index (κ1) is 18.3. The van der Waals surface area contributed by atoms with Gasteiger partial charge in [-0.05, 0) is 43.4 Å². The Morgan fingerprint density at radius 3 is 2.67 bits per heavy atom. The number of nitrogens with one attached hydrogen (secondary N) is 1. The van der Waals surface area contributed by atoms with Crippen LogP contribution >= 0.6 is 0 Å². The van der Waals surface area contributed by atoms with Gasteiger partial charge in [0.2, 0.25) is 5.91 Å². The van der Waals surface area contributed by atoms with Gasteiger partial charge in [0.15, 0.2) is 0 Å². The van der Waals surface area contributed by atoms with Crippen LogP contribution < -0.4 is 5.32 Å². The normalized spacial score (nSPS) is 21.3. The second kappa shape index (κ2) is 7.68. The predicted octanol–water partition coefficient (Wildman–Crippen LogP) is 4.01. The van der Waals surface area contributed by atoms with Gasteiger partial charge in [-0.2, -0.15) is 13.2 Å². The quantitative estimate of drug-likeness (QED) is 0.849. The molecule has 1 aromatic rings. The second-order valence-corrected chi connectivity index (χ2v) is 6.19. The van der Waals surface area contributed by atoms with E-state index in [1.807, 2.05) is 0 Å². The summed E-state index contributed by atoms with van der Waals surface area (Å²) in [5.41, 5.74) is 1.24. The van der Waals surface area contributed by atoms with Gasteiger partial charge in [0.05, 0.1) is 5.92 Å². The minimum atomic E-state index is -4.25. The number of carboxylic acids is 1. The van der Waals surface area contributed by atoms with Crippen LogP contribution in [0.5, 0.6) is 0 Å². The Hall–Kier alpha value is -2.05. The van der Waals surface area contributed by atoms with Gasteiger partial charge in [-0.3, -0.25) is 9.59 Å². The SMILES string of the molecule is O=C(O)CCc1cccc(NC(=O)C2CCCC(C(F)(F)F)C2)c1. The third-order valence-electron chi connectivity index (χ3n) is 4.33. The summed E-state index contributed by atoms with van der Waals surface area (Å²) >= 11 is 0. The summed E-state index contributed by atoms with van der Waals surface area (Å²) in [7, 11) is 0. The first-order valence-corrected chi connectivity index (χ1v) is 7.94. The molecule has 2 unspecified atom stereocenters. The van der Waals surface area contributed by atoms with Gasteiger partial charge < -0.3 is 10.4 Å². The summed E-state index contributed by atoms with van der Waals surface area (Å²) in [4.78, 5) is 22.8. The number of amides is 1. The highest BCUT2D eigenvalue weighted by molar-refractivity contribution is 5.92. The maximum atomic E-state index is 12.8. The molecule has 1 aromatic carbocycles. The third kappa shape index (κ3) is 5.25. The summed E-state index contributed by atoms with van der Waals surface area (Å²) in [6.45, 7) is 0. The van der Waals surface area contributed by atoms with E-state index in [9.17, 15) is 22.8 Å². The number of carbonyl (C=O) groups is 2. The highest BCUT2D eigenvalue weighted by atomic mass is 19.4. The van der Waals surface area contributed by atoms with Crippen molar-refractivity contribution in [1.82, 2.24) is 0 Å². The number of carboxylic acid groups (broad SMARTS) is 1. The number of benzene rings is 1. The van der Waals surface area contributed by atoms with Crippen LogP contribution in [0.1, 0.15) is 37.7 Å². The zero-order valence-electron chi connectivity index (χ0n) is 13.1. The maximum Gasteiger partial charge on any atom is 0.391 e. The number of rotatable bonds is 5. The molecule has 24 heavy (non-hydrogen) atoms. The molecule has 1 aliphatic rings. The fraction of sp³-hybridized carbons (Fsp3) is 0.529. The van der Waals surface area contributed by atoms with Crippen LogP contribution in [0.25, 0.3) is 0 Å². The van der Waals surface area contributed by atoms with Gasteiger partial charge in [-0.1, -0.05) is 18.6 Å². The first-order valence-electron chi connectivity index (χ1n) is 7.94. The van der Waals surface area contributed by atoms with Gasteiger partial charge in [0.1, 0.15) is 0 Å². The van der Waals surface area contributed by atoms with Crippen LogP contribution in [-0.4, -0.2) is 23.2 Å². The number of carbonyl (C=O) groups excluding carboxylic acids is 1. The van der Waals surface area contributed by atoms with Crippen molar-refractivity contribution in [2.75, 3.05) is 5.32 Å². The second-order valence-electron chi connectivity index (χ2n) is 6.19. The molecule has 4 nitrogen and oxygen atoms in total. The molecule has 2 N–H and O–H groups in total. The lowest BCUT2D eigenvalue weighted by atomic mass is 9.80. The Balaban J connectivity index is 1.96. The van der Waals surface area contributed by atoms with Crippen molar-refractivity contribution in [2.24, 2.45) is 11.8 Å². The van der Waals surface area contributed by atoms with E-state index in [2.05, 4.69) is 5.32 Å². The zero-order valence-corrected chi connectivity index (χ0v) is 13.1. The number of hydrogen-bond acceptors (Lipinski definition) is 2. The fourth-order valence-electron chi connectivity index (χ4n) is 3.03. The molecule has 0 saturated heterocycles. The number of alkyl halides is 3. The summed E-state index contributed by atoms with van der Waals surface area (Å²) in [6, 6.07) is 6.74. The van der Waals surface area contributed by atoms with Gasteiger partial charge in [-0.15, -0.1) is 0 Å². The van der Waals surface area contributed by atoms with E-state index in [0.29, 0.717) is 24.9 Å².